The highest BCUT2D eigenvalue weighted by molar-refractivity contribution is 7.53. The van der Waals surface area contributed by atoms with E-state index in [0.717, 1.165) is 22.3 Å². The van der Waals surface area contributed by atoms with E-state index in [1.807, 2.05) is 0 Å². The first-order chi connectivity index (χ1) is 14.6. The van der Waals surface area contributed by atoms with Crippen LogP contribution >= 0.6 is 7.60 Å². The Labute approximate surface area is 201 Å². The standard InChI is InChI=1S/C29H43O3P/c1-26(2,3)18-14-20-21-15-19(27(4,5)6)17-23(29(10,11)12)25(21)32-33(13,30)31-24(20)22(16-18)28(7,8)9/h14-17H,1-13H3. The minimum absolute atomic E-state index is 0.0488. The van der Waals surface area contributed by atoms with Crippen LogP contribution in [0.15, 0.2) is 24.3 Å². The van der Waals surface area contributed by atoms with Gasteiger partial charge in [0.25, 0.3) is 0 Å². The number of hydrogen-bond donors (Lipinski definition) is 0. The lowest BCUT2D eigenvalue weighted by Crippen LogP contribution is -2.18. The van der Waals surface area contributed by atoms with Gasteiger partial charge in [-0.2, -0.15) is 0 Å². The van der Waals surface area contributed by atoms with Crippen LogP contribution in [0.2, 0.25) is 0 Å². The quantitative estimate of drug-likeness (QED) is 0.360. The summed E-state index contributed by atoms with van der Waals surface area (Å²) in [7, 11) is -3.40. The molecule has 1 heterocycles. The second-order valence-corrected chi connectivity index (χ2v) is 15.7. The summed E-state index contributed by atoms with van der Waals surface area (Å²) in [5, 5.41) is 0. The molecule has 1 aliphatic heterocycles. The van der Waals surface area contributed by atoms with Gasteiger partial charge >= 0.3 is 7.60 Å². The second-order valence-electron chi connectivity index (χ2n) is 13.8. The van der Waals surface area contributed by atoms with Crippen LogP contribution < -0.4 is 9.05 Å². The summed E-state index contributed by atoms with van der Waals surface area (Å²) in [5.74, 6) is 1.37. The van der Waals surface area contributed by atoms with Gasteiger partial charge in [-0.15, -0.1) is 0 Å². The molecule has 182 valence electrons. The second kappa shape index (κ2) is 7.64. The van der Waals surface area contributed by atoms with Crippen LogP contribution in [0.5, 0.6) is 11.5 Å². The Morgan fingerprint density at radius 1 is 0.545 bits per heavy atom. The summed E-state index contributed by atoms with van der Waals surface area (Å²) in [5.41, 5.74) is 6.04. The molecular formula is C29H43O3P. The normalized spacial score (nSPS) is 16.3. The van der Waals surface area contributed by atoms with Crippen molar-refractivity contribution in [1.29, 1.82) is 0 Å². The van der Waals surface area contributed by atoms with Crippen molar-refractivity contribution < 1.29 is 13.6 Å². The van der Waals surface area contributed by atoms with Crippen molar-refractivity contribution in [1.82, 2.24) is 0 Å². The van der Waals surface area contributed by atoms with Gasteiger partial charge in [0.05, 0.1) is 6.66 Å². The van der Waals surface area contributed by atoms with E-state index in [9.17, 15) is 4.57 Å². The van der Waals surface area contributed by atoms with E-state index in [1.54, 1.807) is 6.66 Å². The molecule has 4 heteroatoms. The average molecular weight is 471 g/mol. The maximum atomic E-state index is 13.7. The lowest BCUT2D eigenvalue weighted by Gasteiger charge is -2.30. The molecule has 0 saturated heterocycles. The SMILES string of the molecule is CC(C)(C)c1cc2c(c(C(C)(C)C)c1)OP(C)(=O)Oc1c-2cc(C(C)(C)C)cc1C(C)(C)C. The molecule has 0 unspecified atom stereocenters. The van der Waals surface area contributed by atoms with Gasteiger partial charge in [-0.05, 0) is 44.9 Å². The van der Waals surface area contributed by atoms with Crippen LogP contribution in [0.4, 0.5) is 0 Å². The zero-order valence-corrected chi connectivity index (χ0v) is 23.9. The maximum absolute atomic E-state index is 13.7. The van der Waals surface area contributed by atoms with Gasteiger partial charge in [-0.1, -0.05) is 95.2 Å². The first-order valence-electron chi connectivity index (χ1n) is 12.0. The molecular weight excluding hydrogens is 427 g/mol. The van der Waals surface area contributed by atoms with Gasteiger partial charge in [0.1, 0.15) is 11.5 Å². The molecule has 33 heavy (non-hydrogen) atoms. The van der Waals surface area contributed by atoms with E-state index in [-0.39, 0.29) is 21.7 Å². The van der Waals surface area contributed by atoms with Crippen molar-refractivity contribution >= 4 is 7.60 Å². The van der Waals surface area contributed by atoms with E-state index >= 15 is 0 Å². The highest BCUT2D eigenvalue weighted by Gasteiger charge is 2.38. The minimum atomic E-state index is -3.40. The molecule has 0 N–H and O–H groups in total. The zero-order chi connectivity index (χ0) is 25.4. The number of fused-ring (bicyclic) bond motifs is 3. The molecule has 0 bridgehead atoms. The smallest absolute Gasteiger partial charge is 0.415 e. The zero-order valence-electron chi connectivity index (χ0n) is 23.0. The minimum Gasteiger partial charge on any atom is -0.415 e. The van der Waals surface area contributed by atoms with E-state index in [1.165, 1.54) is 11.1 Å². The monoisotopic (exact) mass is 470 g/mol. The van der Waals surface area contributed by atoms with Gasteiger partial charge in [0.15, 0.2) is 0 Å². The van der Waals surface area contributed by atoms with Crippen LogP contribution in [0.3, 0.4) is 0 Å². The first-order valence-corrected chi connectivity index (χ1v) is 14.0. The maximum Gasteiger partial charge on any atom is 0.427 e. The summed E-state index contributed by atoms with van der Waals surface area (Å²) in [6.45, 7) is 28.0. The van der Waals surface area contributed by atoms with Crippen molar-refractivity contribution in [2.75, 3.05) is 6.66 Å². The predicted molar refractivity (Wildman–Crippen MR) is 141 cm³/mol. The van der Waals surface area contributed by atoms with Crippen molar-refractivity contribution in [3.63, 3.8) is 0 Å². The number of hydrogen-bond acceptors (Lipinski definition) is 3. The Hall–Kier alpha value is -1.73. The third kappa shape index (κ3) is 5.19. The Morgan fingerprint density at radius 2 is 0.848 bits per heavy atom. The largest absolute Gasteiger partial charge is 0.427 e. The van der Waals surface area contributed by atoms with Crippen LogP contribution in [0.25, 0.3) is 11.1 Å². The molecule has 2 aromatic rings. The van der Waals surface area contributed by atoms with Gasteiger partial charge in [-0.25, -0.2) is 4.57 Å². The Morgan fingerprint density at radius 3 is 1.09 bits per heavy atom. The summed E-state index contributed by atoms with van der Waals surface area (Å²) >= 11 is 0. The van der Waals surface area contributed by atoms with Crippen molar-refractivity contribution in [3.05, 3.63) is 46.5 Å². The van der Waals surface area contributed by atoms with Gasteiger partial charge in [0, 0.05) is 22.3 Å². The molecule has 0 atom stereocenters. The van der Waals surface area contributed by atoms with Gasteiger partial charge in [-0.3, -0.25) is 0 Å². The van der Waals surface area contributed by atoms with Gasteiger partial charge < -0.3 is 9.05 Å². The lowest BCUT2D eigenvalue weighted by atomic mass is 9.75. The fraction of sp³-hybridized carbons (Fsp3) is 0.586. The molecule has 0 saturated carbocycles. The summed E-state index contributed by atoms with van der Waals surface area (Å²) in [4.78, 5) is 0. The molecule has 0 spiro atoms. The van der Waals surface area contributed by atoms with Crippen molar-refractivity contribution in [2.45, 2.75) is 105 Å². The summed E-state index contributed by atoms with van der Waals surface area (Å²) < 4.78 is 26.2. The first kappa shape index (κ1) is 25.9. The Kier molecular flexibility index (Phi) is 5.99. The van der Waals surface area contributed by atoms with Crippen molar-refractivity contribution in [2.24, 2.45) is 0 Å². The molecule has 0 fully saturated rings. The predicted octanol–water partition coefficient (Wildman–Crippen LogP) is 9.14. The van der Waals surface area contributed by atoms with E-state index in [0.29, 0.717) is 11.5 Å². The molecule has 0 radical (unpaired) electrons. The van der Waals surface area contributed by atoms with E-state index in [4.69, 9.17) is 9.05 Å². The van der Waals surface area contributed by atoms with E-state index in [2.05, 4.69) is 107 Å². The topological polar surface area (TPSA) is 35.5 Å². The average Bonchev–Trinajstić information content (AvgIpc) is 2.68. The lowest BCUT2D eigenvalue weighted by molar-refractivity contribution is 0.388. The molecule has 3 rings (SSSR count). The Balaban J connectivity index is 2.59. The fourth-order valence-electron chi connectivity index (χ4n) is 4.19. The molecule has 0 amide bonds. The molecule has 0 aliphatic carbocycles. The fourth-order valence-corrected chi connectivity index (χ4v) is 5.28. The summed E-state index contributed by atoms with van der Waals surface area (Å²) in [6, 6.07) is 8.89. The van der Waals surface area contributed by atoms with E-state index < -0.39 is 7.60 Å². The van der Waals surface area contributed by atoms with Crippen LogP contribution in [0, 0.1) is 0 Å². The highest BCUT2D eigenvalue weighted by atomic mass is 31.2. The molecule has 3 nitrogen and oxygen atoms in total. The van der Waals surface area contributed by atoms with Crippen LogP contribution in [-0.2, 0) is 26.2 Å². The summed E-state index contributed by atoms with van der Waals surface area (Å²) in [6.07, 6.45) is 0. The molecule has 1 aliphatic rings. The number of benzene rings is 2. The van der Waals surface area contributed by atoms with Crippen LogP contribution in [0.1, 0.15) is 105 Å². The van der Waals surface area contributed by atoms with Crippen LogP contribution in [-0.4, -0.2) is 6.66 Å². The Bertz CT molecular complexity index is 1040. The molecule has 2 aromatic carbocycles. The van der Waals surface area contributed by atoms with Crippen molar-refractivity contribution in [3.8, 4) is 22.6 Å². The number of rotatable bonds is 0. The molecule has 0 aromatic heterocycles. The third-order valence-electron chi connectivity index (χ3n) is 6.33. The van der Waals surface area contributed by atoms with Gasteiger partial charge in [0.2, 0.25) is 0 Å². The third-order valence-corrected chi connectivity index (χ3v) is 7.36. The highest BCUT2D eigenvalue weighted by Crippen LogP contribution is 2.59.